The van der Waals surface area contributed by atoms with E-state index in [0.717, 1.165) is 33.7 Å². The van der Waals surface area contributed by atoms with Crippen LogP contribution in [0.5, 0.6) is 5.75 Å². The quantitative estimate of drug-likeness (QED) is 0.455. The second-order valence-corrected chi connectivity index (χ2v) is 6.18. The second-order valence-electron chi connectivity index (χ2n) is 5.12. The van der Waals surface area contributed by atoms with Crippen molar-refractivity contribution in [3.63, 3.8) is 0 Å². The highest BCUT2D eigenvalue weighted by atomic mass is 32.2. The summed E-state index contributed by atoms with van der Waals surface area (Å²) in [7, 11) is 1.66. The Morgan fingerprint density at radius 2 is 1.80 bits per heavy atom. The van der Waals surface area contributed by atoms with Crippen molar-refractivity contribution in [2.45, 2.75) is 12.1 Å². The lowest BCUT2D eigenvalue weighted by atomic mass is 10.2. The fourth-order valence-corrected chi connectivity index (χ4v) is 3.15. The minimum absolute atomic E-state index is 0.682. The number of thioether (sulfide) groups is 1. The standard InChI is InChI=1S/C18H20N4O2S/c1-3-24-12-13-25-18-21-20-17(14-8-10-19-11-9-14)22(18)15-4-6-16(23-2)7-5-15/h4-11H,3,12-13H2,1-2H3. The number of ether oxygens (including phenoxy) is 2. The summed E-state index contributed by atoms with van der Waals surface area (Å²) in [6.45, 7) is 3.39. The van der Waals surface area contributed by atoms with Crippen LogP contribution in [0.25, 0.3) is 17.1 Å². The maximum Gasteiger partial charge on any atom is 0.196 e. The van der Waals surface area contributed by atoms with Crippen molar-refractivity contribution < 1.29 is 9.47 Å². The van der Waals surface area contributed by atoms with Crippen molar-refractivity contribution in [2.24, 2.45) is 0 Å². The molecule has 7 heteroatoms. The van der Waals surface area contributed by atoms with E-state index in [1.807, 2.05) is 47.9 Å². The molecule has 130 valence electrons. The number of hydrogen-bond acceptors (Lipinski definition) is 6. The molecule has 0 spiro atoms. The summed E-state index contributed by atoms with van der Waals surface area (Å²) in [6.07, 6.45) is 3.51. The Morgan fingerprint density at radius 1 is 1.04 bits per heavy atom. The van der Waals surface area contributed by atoms with Gasteiger partial charge in [0.15, 0.2) is 11.0 Å². The summed E-state index contributed by atoms with van der Waals surface area (Å²) in [5.74, 6) is 2.41. The van der Waals surface area contributed by atoms with Crippen molar-refractivity contribution in [3.05, 3.63) is 48.8 Å². The summed E-state index contributed by atoms with van der Waals surface area (Å²) in [5.41, 5.74) is 1.95. The molecular weight excluding hydrogens is 336 g/mol. The van der Waals surface area contributed by atoms with E-state index >= 15 is 0 Å². The number of aromatic nitrogens is 4. The first-order valence-electron chi connectivity index (χ1n) is 8.04. The van der Waals surface area contributed by atoms with Gasteiger partial charge in [-0.05, 0) is 43.3 Å². The van der Waals surface area contributed by atoms with Gasteiger partial charge in [0.2, 0.25) is 0 Å². The molecule has 0 radical (unpaired) electrons. The minimum atomic E-state index is 0.682. The van der Waals surface area contributed by atoms with Crippen molar-refractivity contribution in [1.29, 1.82) is 0 Å². The Kier molecular flexibility index (Phi) is 6.03. The van der Waals surface area contributed by atoms with Crippen LogP contribution in [0.1, 0.15) is 6.92 Å². The maximum absolute atomic E-state index is 5.42. The zero-order valence-electron chi connectivity index (χ0n) is 14.3. The molecule has 0 bridgehead atoms. The lowest BCUT2D eigenvalue weighted by molar-refractivity contribution is 0.164. The largest absolute Gasteiger partial charge is 0.497 e. The molecule has 0 aliphatic carbocycles. The van der Waals surface area contributed by atoms with E-state index in [1.54, 1.807) is 31.3 Å². The highest BCUT2D eigenvalue weighted by Crippen LogP contribution is 2.28. The maximum atomic E-state index is 5.42. The molecule has 0 N–H and O–H groups in total. The summed E-state index contributed by atoms with van der Waals surface area (Å²) in [4.78, 5) is 4.08. The molecule has 0 atom stereocenters. The van der Waals surface area contributed by atoms with E-state index < -0.39 is 0 Å². The molecule has 3 aromatic rings. The van der Waals surface area contributed by atoms with Crippen LogP contribution in [-0.4, -0.2) is 45.8 Å². The molecule has 1 aromatic carbocycles. The molecule has 0 saturated heterocycles. The molecule has 6 nitrogen and oxygen atoms in total. The molecule has 2 aromatic heterocycles. The lowest BCUT2D eigenvalue weighted by Crippen LogP contribution is -2.02. The third kappa shape index (κ3) is 4.18. The number of nitrogens with zero attached hydrogens (tertiary/aromatic N) is 4. The van der Waals surface area contributed by atoms with Gasteiger partial charge in [-0.2, -0.15) is 0 Å². The SMILES string of the molecule is CCOCCSc1nnc(-c2ccncc2)n1-c1ccc(OC)cc1. The van der Waals surface area contributed by atoms with E-state index in [1.165, 1.54) is 0 Å². The van der Waals surface area contributed by atoms with E-state index in [-0.39, 0.29) is 0 Å². The normalized spacial score (nSPS) is 10.8. The van der Waals surface area contributed by atoms with Crippen molar-refractivity contribution in [1.82, 2.24) is 19.7 Å². The third-order valence-corrected chi connectivity index (χ3v) is 4.46. The molecule has 0 amide bonds. The Labute approximate surface area is 151 Å². The summed E-state index contributed by atoms with van der Waals surface area (Å²) in [5, 5.41) is 9.60. The molecule has 3 rings (SSSR count). The zero-order chi connectivity index (χ0) is 17.5. The van der Waals surface area contributed by atoms with Crippen molar-refractivity contribution >= 4 is 11.8 Å². The molecule has 0 fully saturated rings. The lowest BCUT2D eigenvalue weighted by Gasteiger charge is -2.11. The monoisotopic (exact) mass is 356 g/mol. The molecule has 0 aliphatic rings. The predicted molar refractivity (Wildman–Crippen MR) is 98.4 cm³/mol. The minimum Gasteiger partial charge on any atom is -0.497 e. The fourth-order valence-electron chi connectivity index (χ4n) is 2.35. The molecule has 2 heterocycles. The van der Waals surface area contributed by atoms with E-state index in [0.29, 0.717) is 13.2 Å². The predicted octanol–water partition coefficient (Wildman–Crippen LogP) is 3.47. The van der Waals surface area contributed by atoms with Gasteiger partial charge in [-0.1, -0.05) is 11.8 Å². The van der Waals surface area contributed by atoms with Crippen LogP contribution in [-0.2, 0) is 4.74 Å². The number of pyridine rings is 1. The molecule has 0 unspecified atom stereocenters. The van der Waals surface area contributed by atoms with Gasteiger partial charge in [0.25, 0.3) is 0 Å². The average Bonchev–Trinajstić information content (AvgIpc) is 3.10. The number of rotatable bonds is 8. The number of benzene rings is 1. The first-order valence-corrected chi connectivity index (χ1v) is 9.03. The highest BCUT2D eigenvalue weighted by Gasteiger charge is 2.16. The highest BCUT2D eigenvalue weighted by molar-refractivity contribution is 7.99. The van der Waals surface area contributed by atoms with Gasteiger partial charge in [-0.25, -0.2) is 0 Å². The van der Waals surface area contributed by atoms with E-state index in [2.05, 4.69) is 15.2 Å². The Bertz CT molecular complexity index is 791. The van der Waals surface area contributed by atoms with Crippen LogP contribution in [0.3, 0.4) is 0 Å². The second kappa shape index (κ2) is 8.64. The van der Waals surface area contributed by atoms with Gasteiger partial charge in [0, 0.05) is 36.0 Å². The fraction of sp³-hybridized carbons (Fsp3) is 0.278. The van der Waals surface area contributed by atoms with Crippen LogP contribution >= 0.6 is 11.8 Å². The van der Waals surface area contributed by atoms with E-state index in [9.17, 15) is 0 Å². The van der Waals surface area contributed by atoms with Crippen molar-refractivity contribution in [3.8, 4) is 22.8 Å². The van der Waals surface area contributed by atoms with Crippen LogP contribution in [0.4, 0.5) is 0 Å². The van der Waals surface area contributed by atoms with Crippen LogP contribution in [0, 0.1) is 0 Å². The Balaban J connectivity index is 1.96. The summed E-state index contributed by atoms with van der Waals surface area (Å²) in [6, 6.07) is 11.7. The third-order valence-electron chi connectivity index (χ3n) is 3.57. The Morgan fingerprint density at radius 3 is 2.48 bits per heavy atom. The van der Waals surface area contributed by atoms with Gasteiger partial charge in [-0.15, -0.1) is 10.2 Å². The first kappa shape index (κ1) is 17.4. The topological polar surface area (TPSA) is 62.1 Å². The number of hydrogen-bond donors (Lipinski definition) is 0. The number of methoxy groups -OCH3 is 1. The first-order chi connectivity index (χ1) is 12.3. The van der Waals surface area contributed by atoms with Gasteiger partial charge in [0.1, 0.15) is 5.75 Å². The summed E-state index contributed by atoms with van der Waals surface area (Å²) >= 11 is 1.62. The molecule has 25 heavy (non-hydrogen) atoms. The Hall–Kier alpha value is -2.38. The molecular formula is C18H20N4O2S. The van der Waals surface area contributed by atoms with Gasteiger partial charge < -0.3 is 9.47 Å². The van der Waals surface area contributed by atoms with Gasteiger partial charge >= 0.3 is 0 Å². The smallest absolute Gasteiger partial charge is 0.196 e. The summed E-state index contributed by atoms with van der Waals surface area (Å²) < 4.78 is 12.7. The average molecular weight is 356 g/mol. The molecule has 0 aliphatic heterocycles. The van der Waals surface area contributed by atoms with Crippen LogP contribution < -0.4 is 4.74 Å². The van der Waals surface area contributed by atoms with Crippen LogP contribution in [0.2, 0.25) is 0 Å². The van der Waals surface area contributed by atoms with E-state index in [4.69, 9.17) is 9.47 Å². The molecule has 0 saturated carbocycles. The van der Waals surface area contributed by atoms with Gasteiger partial charge in [0.05, 0.1) is 13.7 Å². The zero-order valence-corrected chi connectivity index (χ0v) is 15.1. The van der Waals surface area contributed by atoms with Crippen LogP contribution in [0.15, 0.2) is 53.9 Å². The van der Waals surface area contributed by atoms with Crippen molar-refractivity contribution in [2.75, 3.05) is 26.1 Å². The van der Waals surface area contributed by atoms with Gasteiger partial charge in [-0.3, -0.25) is 9.55 Å².